The molecule has 1 aromatic carbocycles. The third kappa shape index (κ3) is 4.16. The summed E-state index contributed by atoms with van der Waals surface area (Å²) in [5.74, 6) is 0.264. The summed E-state index contributed by atoms with van der Waals surface area (Å²) in [7, 11) is 1.57. The smallest absolute Gasteiger partial charge is 0.333 e. The van der Waals surface area contributed by atoms with E-state index >= 15 is 0 Å². The van der Waals surface area contributed by atoms with Gasteiger partial charge < -0.3 is 15.2 Å². The molecule has 2 N–H and O–H groups in total. The second kappa shape index (κ2) is 7.05. The van der Waals surface area contributed by atoms with Gasteiger partial charge in [0.25, 0.3) is 0 Å². The fraction of sp³-hybridized carbons (Fsp3) is 0.357. The largest absolute Gasteiger partial charge is 0.491 e. The second-order valence-electron chi connectivity index (χ2n) is 4.96. The summed E-state index contributed by atoms with van der Waals surface area (Å²) in [6.45, 7) is 1.54. The first-order valence-corrected chi connectivity index (χ1v) is 6.86. The lowest BCUT2D eigenvalue weighted by Gasteiger charge is -2.13. The quantitative estimate of drug-likeness (QED) is 0.593. The Morgan fingerprint density at radius 3 is 2.74 bits per heavy atom. The Morgan fingerprint density at radius 1 is 1.48 bits per heavy atom. The molecule has 23 heavy (non-hydrogen) atoms. The van der Waals surface area contributed by atoms with Crippen molar-refractivity contribution in [2.24, 2.45) is 7.05 Å². The number of aliphatic hydroxyl groups excluding tert-OH is 1. The summed E-state index contributed by atoms with van der Waals surface area (Å²) in [5, 5.41) is 27.7. The van der Waals surface area contributed by atoms with E-state index < -0.39 is 11.0 Å². The van der Waals surface area contributed by atoms with E-state index in [0.29, 0.717) is 5.75 Å². The summed E-state index contributed by atoms with van der Waals surface area (Å²) < 4.78 is 19.4. The molecular weight excluding hydrogens is 307 g/mol. The van der Waals surface area contributed by atoms with Crippen LogP contribution in [0.15, 0.2) is 24.3 Å². The number of hydrogen-bond acceptors (Lipinski definition) is 6. The lowest BCUT2D eigenvalue weighted by Crippen LogP contribution is -2.27. The minimum atomic E-state index is -0.908. The molecule has 0 aliphatic rings. The molecule has 8 nitrogen and oxygen atoms in total. The van der Waals surface area contributed by atoms with Gasteiger partial charge in [-0.05, 0) is 31.2 Å². The normalized spacial score (nSPS) is 12.0. The van der Waals surface area contributed by atoms with Crippen molar-refractivity contribution in [3.8, 4) is 5.75 Å². The van der Waals surface area contributed by atoms with E-state index in [1.54, 1.807) is 7.05 Å². The van der Waals surface area contributed by atoms with Crippen molar-refractivity contribution >= 4 is 11.5 Å². The van der Waals surface area contributed by atoms with Crippen LogP contribution in [0.25, 0.3) is 0 Å². The van der Waals surface area contributed by atoms with Crippen LogP contribution in [0, 0.1) is 22.9 Å². The van der Waals surface area contributed by atoms with Crippen LogP contribution >= 0.6 is 0 Å². The summed E-state index contributed by atoms with van der Waals surface area (Å²) in [6.07, 6.45) is -0.908. The van der Waals surface area contributed by atoms with Crippen molar-refractivity contribution in [2.75, 3.05) is 18.5 Å². The van der Waals surface area contributed by atoms with Crippen molar-refractivity contribution in [3.63, 3.8) is 0 Å². The summed E-state index contributed by atoms with van der Waals surface area (Å²) >= 11 is 0. The molecule has 2 rings (SSSR count). The first-order chi connectivity index (χ1) is 10.9. The highest BCUT2D eigenvalue weighted by atomic mass is 19.1. The van der Waals surface area contributed by atoms with Gasteiger partial charge in [-0.2, -0.15) is 5.10 Å². The van der Waals surface area contributed by atoms with Crippen LogP contribution in [-0.4, -0.2) is 39.1 Å². The molecule has 0 bridgehead atoms. The predicted octanol–water partition coefficient (Wildman–Crippen LogP) is 1.63. The molecule has 0 radical (unpaired) electrons. The first kappa shape index (κ1) is 16.7. The van der Waals surface area contributed by atoms with Crippen LogP contribution in [0.4, 0.5) is 15.9 Å². The molecule has 0 amide bonds. The van der Waals surface area contributed by atoms with Crippen LogP contribution < -0.4 is 10.1 Å². The lowest BCUT2D eigenvalue weighted by molar-refractivity contribution is -0.384. The number of aryl methyl sites for hydroxylation is 2. The number of aromatic nitrogens is 2. The van der Waals surface area contributed by atoms with Crippen LogP contribution in [-0.2, 0) is 7.05 Å². The maximum atomic E-state index is 12.8. The van der Waals surface area contributed by atoms with Gasteiger partial charge in [0.2, 0.25) is 5.82 Å². The lowest BCUT2D eigenvalue weighted by atomic mass is 10.3. The van der Waals surface area contributed by atoms with Gasteiger partial charge in [-0.3, -0.25) is 10.1 Å². The van der Waals surface area contributed by atoms with Gasteiger partial charge in [0, 0.05) is 13.6 Å². The van der Waals surface area contributed by atoms with Crippen LogP contribution in [0.3, 0.4) is 0 Å². The van der Waals surface area contributed by atoms with E-state index in [2.05, 4.69) is 10.4 Å². The number of nitro groups is 1. The summed E-state index contributed by atoms with van der Waals surface area (Å²) in [4.78, 5) is 10.5. The maximum absolute atomic E-state index is 12.8. The topological polar surface area (TPSA) is 102 Å². The Balaban J connectivity index is 1.91. The highest BCUT2D eigenvalue weighted by Crippen LogP contribution is 2.27. The highest BCUT2D eigenvalue weighted by molar-refractivity contribution is 5.59. The minimum absolute atomic E-state index is 0.0384. The van der Waals surface area contributed by atoms with Gasteiger partial charge in [-0.1, -0.05) is 0 Å². The van der Waals surface area contributed by atoms with Crippen LogP contribution in [0.2, 0.25) is 0 Å². The Hall–Kier alpha value is -2.68. The van der Waals surface area contributed by atoms with E-state index in [1.807, 2.05) is 0 Å². The molecule has 0 unspecified atom stereocenters. The third-order valence-corrected chi connectivity index (χ3v) is 3.13. The number of halogens is 1. The standard InChI is InChI=1S/C14H17FN4O4/c1-9-13(19(21)22)14(18(2)17-9)16-7-11(20)8-23-12-5-3-10(15)4-6-12/h3-6,11,16,20H,7-8H2,1-2H3/t11-/m0/s1. The monoisotopic (exact) mass is 324 g/mol. The van der Waals surface area contributed by atoms with E-state index in [4.69, 9.17) is 4.74 Å². The Morgan fingerprint density at radius 2 is 2.13 bits per heavy atom. The van der Waals surface area contributed by atoms with Gasteiger partial charge in [-0.25, -0.2) is 9.07 Å². The zero-order valence-corrected chi connectivity index (χ0v) is 12.7. The molecular formula is C14H17FN4O4. The maximum Gasteiger partial charge on any atom is 0.333 e. The van der Waals surface area contributed by atoms with Gasteiger partial charge in [0.05, 0.1) is 4.92 Å². The molecule has 0 saturated heterocycles. The van der Waals surface area contributed by atoms with E-state index in [9.17, 15) is 19.6 Å². The molecule has 1 heterocycles. The van der Waals surface area contributed by atoms with Gasteiger partial charge in [0.1, 0.15) is 30.0 Å². The molecule has 2 aromatic rings. The van der Waals surface area contributed by atoms with Gasteiger partial charge in [-0.15, -0.1) is 0 Å². The number of anilines is 1. The summed E-state index contributed by atoms with van der Waals surface area (Å²) in [6, 6.07) is 5.40. The van der Waals surface area contributed by atoms with E-state index in [1.165, 1.54) is 35.9 Å². The average Bonchev–Trinajstić information content (AvgIpc) is 2.78. The van der Waals surface area contributed by atoms with Crippen molar-refractivity contribution < 1.29 is 19.2 Å². The molecule has 0 saturated carbocycles. The molecule has 0 fully saturated rings. The number of rotatable bonds is 7. The number of nitrogens with one attached hydrogen (secondary N) is 1. The van der Waals surface area contributed by atoms with E-state index in [-0.39, 0.29) is 36.2 Å². The molecule has 9 heteroatoms. The first-order valence-electron chi connectivity index (χ1n) is 6.86. The van der Waals surface area contributed by atoms with Crippen molar-refractivity contribution in [2.45, 2.75) is 13.0 Å². The molecule has 1 atom stereocenters. The molecule has 0 aliphatic carbocycles. The average molecular weight is 324 g/mol. The molecule has 124 valence electrons. The zero-order valence-electron chi connectivity index (χ0n) is 12.7. The van der Waals surface area contributed by atoms with Crippen LogP contribution in [0.5, 0.6) is 5.75 Å². The fourth-order valence-electron chi connectivity index (χ4n) is 2.06. The number of ether oxygens (including phenoxy) is 1. The Bertz CT molecular complexity index is 687. The SMILES string of the molecule is Cc1nn(C)c(NC[C@H](O)COc2ccc(F)cc2)c1[N+](=O)[O-]. The van der Waals surface area contributed by atoms with E-state index in [0.717, 1.165) is 0 Å². The highest BCUT2D eigenvalue weighted by Gasteiger charge is 2.24. The van der Waals surface area contributed by atoms with Gasteiger partial charge >= 0.3 is 5.69 Å². The van der Waals surface area contributed by atoms with Crippen molar-refractivity contribution in [1.29, 1.82) is 0 Å². The summed E-state index contributed by atoms with van der Waals surface area (Å²) in [5.41, 5.74) is 0.163. The Labute approximate surface area is 131 Å². The van der Waals surface area contributed by atoms with Crippen molar-refractivity contribution in [1.82, 2.24) is 9.78 Å². The predicted molar refractivity (Wildman–Crippen MR) is 81.0 cm³/mol. The number of benzene rings is 1. The third-order valence-electron chi connectivity index (χ3n) is 3.13. The number of aliphatic hydroxyl groups is 1. The number of hydrogen-bond donors (Lipinski definition) is 2. The van der Waals surface area contributed by atoms with Crippen molar-refractivity contribution in [3.05, 3.63) is 45.9 Å². The number of nitrogens with zero attached hydrogens (tertiary/aromatic N) is 3. The Kier molecular flexibility index (Phi) is 5.12. The van der Waals surface area contributed by atoms with Crippen LogP contribution in [0.1, 0.15) is 5.69 Å². The molecule has 0 spiro atoms. The minimum Gasteiger partial charge on any atom is -0.491 e. The zero-order chi connectivity index (χ0) is 17.0. The molecule has 1 aromatic heterocycles. The fourth-order valence-corrected chi connectivity index (χ4v) is 2.06. The molecule has 0 aliphatic heterocycles. The van der Waals surface area contributed by atoms with Gasteiger partial charge in [0.15, 0.2) is 0 Å². The second-order valence-corrected chi connectivity index (χ2v) is 4.96.